The molecule has 1 aliphatic rings. The number of aromatic nitrogens is 2. The second-order valence-electron chi connectivity index (χ2n) is 7.60. The molecular weight excluding hydrogens is 440 g/mol. The Hall–Kier alpha value is -3.33. The third-order valence-electron chi connectivity index (χ3n) is 5.39. The summed E-state index contributed by atoms with van der Waals surface area (Å²) < 4.78 is 7.08. The van der Waals surface area contributed by atoms with Crippen molar-refractivity contribution in [3.8, 4) is 0 Å². The molecule has 2 heterocycles. The lowest BCUT2D eigenvalue weighted by Gasteiger charge is -2.16. The van der Waals surface area contributed by atoms with Crippen molar-refractivity contribution in [1.82, 2.24) is 9.55 Å². The monoisotopic (exact) mass is 466 g/mol. The van der Waals surface area contributed by atoms with E-state index < -0.39 is 0 Å². The van der Waals surface area contributed by atoms with Crippen molar-refractivity contribution in [3.05, 3.63) is 48.0 Å². The Morgan fingerprint density at radius 1 is 1.18 bits per heavy atom. The number of carbonyl (C=O) groups excluding carboxylic acids is 3. The summed E-state index contributed by atoms with van der Waals surface area (Å²) in [5, 5.41) is 3.61. The van der Waals surface area contributed by atoms with Gasteiger partial charge in [-0.25, -0.2) is 9.78 Å². The van der Waals surface area contributed by atoms with Crippen LogP contribution in [0, 0.1) is 0 Å². The summed E-state index contributed by atoms with van der Waals surface area (Å²) in [5.41, 5.74) is 3.49. The summed E-state index contributed by atoms with van der Waals surface area (Å²) in [5.74, 6) is -0.247. The van der Waals surface area contributed by atoms with Gasteiger partial charge in [-0.3, -0.25) is 9.59 Å². The standard InChI is InChI=1S/C24H26N4O4S/c1-3-27-20-11-10-16(23(31)32-4-2)13-19(20)26-24(27)33-15-21(29)25-17-7-5-8-18(14-17)28-12-6-9-22(28)30/h5,7-8,10-11,13-14H,3-4,6,9,12,15H2,1-2H3,(H,25,29). The molecule has 1 aromatic heterocycles. The van der Waals surface area contributed by atoms with Crippen molar-refractivity contribution in [2.45, 2.75) is 38.4 Å². The molecular formula is C24H26N4O4S. The number of aryl methyl sites for hydroxylation is 1. The molecule has 0 saturated carbocycles. The molecule has 0 atom stereocenters. The van der Waals surface area contributed by atoms with Gasteiger partial charge in [0.05, 0.1) is 29.0 Å². The fourth-order valence-corrected chi connectivity index (χ4v) is 4.74. The number of amides is 2. The summed E-state index contributed by atoms with van der Waals surface area (Å²) in [6, 6.07) is 12.6. The number of thioether (sulfide) groups is 1. The number of nitrogens with one attached hydrogen (secondary N) is 1. The van der Waals surface area contributed by atoms with Crippen LogP contribution in [0.1, 0.15) is 37.0 Å². The van der Waals surface area contributed by atoms with Gasteiger partial charge in [-0.2, -0.15) is 0 Å². The van der Waals surface area contributed by atoms with E-state index in [1.807, 2.05) is 41.8 Å². The smallest absolute Gasteiger partial charge is 0.338 e. The maximum Gasteiger partial charge on any atom is 0.338 e. The Morgan fingerprint density at radius 2 is 2.03 bits per heavy atom. The second-order valence-corrected chi connectivity index (χ2v) is 8.54. The first-order valence-corrected chi connectivity index (χ1v) is 12.0. The molecule has 3 aromatic rings. The third-order valence-corrected chi connectivity index (χ3v) is 6.36. The minimum absolute atomic E-state index is 0.110. The first-order valence-electron chi connectivity index (χ1n) is 11.0. The predicted molar refractivity (Wildman–Crippen MR) is 129 cm³/mol. The second kappa shape index (κ2) is 10.1. The summed E-state index contributed by atoms with van der Waals surface area (Å²) in [7, 11) is 0. The van der Waals surface area contributed by atoms with E-state index in [1.54, 1.807) is 24.0 Å². The number of anilines is 2. The number of carbonyl (C=O) groups is 3. The Kier molecular flexibility index (Phi) is 6.98. The lowest BCUT2D eigenvalue weighted by molar-refractivity contribution is -0.117. The Bertz CT molecular complexity index is 1210. The Labute approximate surface area is 196 Å². The van der Waals surface area contributed by atoms with Crippen molar-refractivity contribution in [1.29, 1.82) is 0 Å². The normalized spacial score (nSPS) is 13.5. The average molecular weight is 467 g/mol. The Balaban J connectivity index is 1.44. The highest BCUT2D eigenvalue weighted by Crippen LogP contribution is 2.27. The molecule has 172 valence electrons. The van der Waals surface area contributed by atoms with E-state index in [9.17, 15) is 14.4 Å². The number of hydrogen-bond acceptors (Lipinski definition) is 6. The average Bonchev–Trinajstić information content (AvgIpc) is 3.40. The molecule has 0 unspecified atom stereocenters. The number of fused-ring (bicyclic) bond motifs is 1. The fraction of sp³-hybridized carbons (Fsp3) is 0.333. The molecule has 9 heteroatoms. The number of imidazole rings is 1. The van der Waals surface area contributed by atoms with E-state index in [0.717, 1.165) is 17.6 Å². The van der Waals surface area contributed by atoms with Gasteiger partial charge in [0.2, 0.25) is 11.8 Å². The van der Waals surface area contributed by atoms with Crippen molar-refractivity contribution < 1.29 is 19.1 Å². The third kappa shape index (κ3) is 5.03. The van der Waals surface area contributed by atoms with E-state index in [4.69, 9.17) is 4.74 Å². The lowest BCUT2D eigenvalue weighted by atomic mass is 10.2. The number of benzene rings is 2. The first-order chi connectivity index (χ1) is 16.0. The highest BCUT2D eigenvalue weighted by Gasteiger charge is 2.22. The molecule has 0 bridgehead atoms. The van der Waals surface area contributed by atoms with Crippen molar-refractivity contribution in [3.63, 3.8) is 0 Å². The number of nitrogens with zero attached hydrogens (tertiary/aromatic N) is 3. The fourth-order valence-electron chi connectivity index (χ4n) is 3.86. The van der Waals surface area contributed by atoms with Crippen LogP contribution in [0.3, 0.4) is 0 Å². The molecule has 0 aliphatic carbocycles. The van der Waals surface area contributed by atoms with E-state index in [0.29, 0.717) is 48.0 Å². The van der Waals surface area contributed by atoms with Gasteiger partial charge in [0.1, 0.15) is 0 Å². The van der Waals surface area contributed by atoms with Gasteiger partial charge in [-0.05, 0) is 56.7 Å². The molecule has 1 fully saturated rings. The zero-order valence-electron chi connectivity index (χ0n) is 18.7. The van der Waals surface area contributed by atoms with E-state index >= 15 is 0 Å². The highest BCUT2D eigenvalue weighted by molar-refractivity contribution is 7.99. The van der Waals surface area contributed by atoms with Gasteiger partial charge < -0.3 is 19.5 Å². The van der Waals surface area contributed by atoms with Gasteiger partial charge >= 0.3 is 5.97 Å². The molecule has 2 aromatic carbocycles. The van der Waals surface area contributed by atoms with Crippen LogP contribution in [-0.4, -0.2) is 46.2 Å². The van der Waals surface area contributed by atoms with Crippen LogP contribution in [0.2, 0.25) is 0 Å². The van der Waals surface area contributed by atoms with E-state index in [1.165, 1.54) is 11.8 Å². The number of esters is 1. The molecule has 1 N–H and O–H groups in total. The molecule has 1 aliphatic heterocycles. The lowest BCUT2D eigenvalue weighted by Crippen LogP contribution is -2.23. The van der Waals surface area contributed by atoms with Crippen LogP contribution < -0.4 is 10.2 Å². The zero-order valence-corrected chi connectivity index (χ0v) is 19.5. The minimum atomic E-state index is -0.378. The summed E-state index contributed by atoms with van der Waals surface area (Å²) in [6.07, 6.45) is 1.42. The van der Waals surface area contributed by atoms with Crippen LogP contribution in [0.15, 0.2) is 47.6 Å². The molecule has 2 amide bonds. The molecule has 33 heavy (non-hydrogen) atoms. The van der Waals surface area contributed by atoms with Crippen LogP contribution in [0.5, 0.6) is 0 Å². The maximum atomic E-state index is 12.6. The Morgan fingerprint density at radius 3 is 2.76 bits per heavy atom. The first kappa shape index (κ1) is 22.8. The van der Waals surface area contributed by atoms with Crippen molar-refractivity contribution in [2.24, 2.45) is 0 Å². The minimum Gasteiger partial charge on any atom is -0.462 e. The highest BCUT2D eigenvalue weighted by atomic mass is 32.2. The van der Waals surface area contributed by atoms with Crippen molar-refractivity contribution in [2.75, 3.05) is 29.1 Å². The number of ether oxygens (including phenoxy) is 1. The van der Waals surface area contributed by atoms with Crippen LogP contribution in [0.4, 0.5) is 11.4 Å². The maximum absolute atomic E-state index is 12.6. The van der Waals surface area contributed by atoms with Crippen molar-refractivity contribution >= 4 is 52.0 Å². The van der Waals surface area contributed by atoms with E-state index in [2.05, 4.69) is 10.3 Å². The SMILES string of the molecule is CCOC(=O)c1ccc2c(c1)nc(SCC(=O)Nc1cccc(N3CCCC3=O)c1)n2CC. The number of hydrogen-bond donors (Lipinski definition) is 1. The molecule has 8 nitrogen and oxygen atoms in total. The molecule has 0 radical (unpaired) electrons. The van der Waals surface area contributed by atoms with Gasteiger partial charge in [0.25, 0.3) is 0 Å². The molecule has 0 spiro atoms. The largest absolute Gasteiger partial charge is 0.462 e. The van der Waals surface area contributed by atoms with Gasteiger partial charge in [0.15, 0.2) is 5.16 Å². The van der Waals surface area contributed by atoms with Gasteiger partial charge in [-0.1, -0.05) is 17.8 Å². The molecule has 4 rings (SSSR count). The predicted octanol–water partition coefficient (Wildman–Crippen LogP) is 4.09. The quantitative estimate of drug-likeness (QED) is 0.397. The van der Waals surface area contributed by atoms with E-state index in [-0.39, 0.29) is 23.5 Å². The van der Waals surface area contributed by atoms with Crippen LogP contribution in [0.25, 0.3) is 11.0 Å². The molecule has 1 saturated heterocycles. The summed E-state index contributed by atoms with van der Waals surface area (Å²) >= 11 is 1.34. The van der Waals surface area contributed by atoms with Gasteiger partial charge in [0, 0.05) is 30.9 Å². The van der Waals surface area contributed by atoms with Gasteiger partial charge in [-0.15, -0.1) is 0 Å². The topological polar surface area (TPSA) is 93.5 Å². The van der Waals surface area contributed by atoms with Crippen LogP contribution in [-0.2, 0) is 20.9 Å². The summed E-state index contributed by atoms with van der Waals surface area (Å²) in [6.45, 7) is 5.48. The number of rotatable bonds is 8. The van der Waals surface area contributed by atoms with Crippen LogP contribution >= 0.6 is 11.8 Å². The zero-order chi connectivity index (χ0) is 23.4. The summed E-state index contributed by atoms with van der Waals surface area (Å²) in [4.78, 5) is 43.0.